The molecule has 4 aromatic rings. The van der Waals surface area contributed by atoms with Gasteiger partial charge in [0.1, 0.15) is 5.82 Å². The summed E-state index contributed by atoms with van der Waals surface area (Å²) >= 11 is 0. The fraction of sp³-hybridized carbons (Fsp3) is 0.0526. The third-order valence-corrected chi connectivity index (χ3v) is 4.08. The maximum atomic E-state index is 11.3. The molecular formula is C19H17N7O. The van der Waals surface area contributed by atoms with Crippen LogP contribution in [0.1, 0.15) is 10.4 Å². The number of nitrogens with two attached hydrogens (primary N) is 1. The zero-order valence-corrected chi connectivity index (χ0v) is 14.5. The molecule has 2 heterocycles. The Hall–Kier alpha value is -3.94. The summed E-state index contributed by atoms with van der Waals surface area (Å²) in [7, 11) is 1.90. The van der Waals surface area contributed by atoms with E-state index in [4.69, 9.17) is 5.73 Å². The number of anilines is 4. The minimum Gasteiger partial charge on any atom is -0.366 e. The van der Waals surface area contributed by atoms with Crippen LogP contribution in [-0.4, -0.2) is 25.7 Å². The van der Waals surface area contributed by atoms with Crippen LogP contribution in [0.5, 0.6) is 0 Å². The molecule has 8 heteroatoms. The van der Waals surface area contributed by atoms with Crippen LogP contribution in [-0.2, 0) is 7.05 Å². The minimum absolute atomic E-state index is 0.406. The minimum atomic E-state index is -0.486. The van der Waals surface area contributed by atoms with E-state index in [2.05, 4.69) is 25.7 Å². The molecule has 0 atom stereocenters. The first-order chi connectivity index (χ1) is 13.1. The van der Waals surface area contributed by atoms with E-state index in [0.29, 0.717) is 23.0 Å². The molecule has 0 saturated carbocycles. The fourth-order valence-corrected chi connectivity index (χ4v) is 2.74. The summed E-state index contributed by atoms with van der Waals surface area (Å²) in [4.78, 5) is 20.0. The molecule has 0 aliphatic rings. The van der Waals surface area contributed by atoms with Gasteiger partial charge in [-0.25, -0.2) is 4.98 Å². The number of aryl methyl sites for hydroxylation is 1. The van der Waals surface area contributed by atoms with Crippen LogP contribution in [0.2, 0.25) is 0 Å². The highest BCUT2D eigenvalue weighted by Crippen LogP contribution is 2.22. The van der Waals surface area contributed by atoms with Gasteiger partial charge in [0.25, 0.3) is 0 Å². The molecule has 134 valence electrons. The molecule has 1 amide bonds. The highest BCUT2D eigenvalue weighted by Gasteiger charge is 2.05. The number of primary amides is 1. The maximum absolute atomic E-state index is 11.3. The highest BCUT2D eigenvalue weighted by atomic mass is 16.1. The normalized spacial score (nSPS) is 10.7. The summed E-state index contributed by atoms with van der Waals surface area (Å²) in [5.74, 6) is 0.559. The molecule has 27 heavy (non-hydrogen) atoms. The maximum Gasteiger partial charge on any atom is 0.248 e. The van der Waals surface area contributed by atoms with Gasteiger partial charge < -0.3 is 16.4 Å². The van der Waals surface area contributed by atoms with E-state index in [1.165, 1.54) is 0 Å². The second kappa shape index (κ2) is 6.75. The van der Waals surface area contributed by atoms with Gasteiger partial charge in [-0.1, -0.05) is 6.07 Å². The summed E-state index contributed by atoms with van der Waals surface area (Å²) in [6.45, 7) is 0. The summed E-state index contributed by atoms with van der Waals surface area (Å²) in [5.41, 5.74) is 8.33. The lowest BCUT2D eigenvalue weighted by Crippen LogP contribution is -2.11. The molecule has 8 nitrogen and oxygen atoms in total. The van der Waals surface area contributed by atoms with E-state index in [0.717, 1.165) is 16.6 Å². The zero-order chi connectivity index (χ0) is 18.8. The lowest BCUT2D eigenvalue weighted by molar-refractivity contribution is 0.100. The van der Waals surface area contributed by atoms with Crippen molar-refractivity contribution in [3.05, 3.63) is 66.5 Å². The van der Waals surface area contributed by atoms with Gasteiger partial charge in [-0.2, -0.15) is 10.1 Å². The predicted octanol–water partition coefficient (Wildman–Crippen LogP) is 2.95. The van der Waals surface area contributed by atoms with Gasteiger partial charge in [0.15, 0.2) is 0 Å². The monoisotopic (exact) mass is 359 g/mol. The van der Waals surface area contributed by atoms with Crippen molar-refractivity contribution in [2.45, 2.75) is 0 Å². The van der Waals surface area contributed by atoms with Crippen molar-refractivity contribution in [3.8, 4) is 0 Å². The average molecular weight is 359 g/mol. The van der Waals surface area contributed by atoms with Crippen LogP contribution in [0.4, 0.5) is 23.1 Å². The molecular weight excluding hydrogens is 342 g/mol. The Morgan fingerprint density at radius 1 is 1.07 bits per heavy atom. The molecule has 0 unspecified atom stereocenters. The number of aromatic nitrogens is 4. The van der Waals surface area contributed by atoms with Gasteiger partial charge in [0.2, 0.25) is 11.9 Å². The van der Waals surface area contributed by atoms with Crippen molar-refractivity contribution >= 4 is 40.0 Å². The zero-order valence-electron chi connectivity index (χ0n) is 14.5. The van der Waals surface area contributed by atoms with Crippen molar-refractivity contribution < 1.29 is 4.79 Å². The first-order valence-electron chi connectivity index (χ1n) is 8.27. The molecule has 0 saturated heterocycles. The smallest absolute Gasteiger partial charge is 0.248 e. The fourth-order valence-electron chi connectivity index (χ4n) is 2.74. The number of carbonyl (C=O) groups excluding carboxylic acids is 1. The van der Waals surface area contributed by atoms with Gasteiger partial charge in [0, 0.05) is 35.6 Å². The molecule has 4 rings (SSSR count). The Bertz CT molecular complexity index is 1140. The van der Waals surface area contributed by atoms with Crippen molar-refractivity contribution in [3.63, 3.8) is 0 Å². The largest absolute Gasteiger partial charge is 0.366 e. The van der Waals surface area contributed by atoms with Gasteiger partial charge in [-0.3, -0.25) is 9.48 Å². The first kappa shape index (κ1) is 16.5. The summed E-state index contributed by atoms with van der Waals surface area (Å²) in [6, 6.07) is 14.6. The van der Waals surface area contributed by atoms with Gasteiger partial charge >= 0.3 is 0 Å². The highest BCUT2D eigenvalue weighted by molar-refractivity contribution is 5.93. The second-order valence-electron chi connectivity index (χ2n) is 6.00. The number of nitrogens with zero attached hydrogens (tertiary/aromatic N) is 4. The Balaban J connectivity index is 1.55. The standard InChI is InChI=1S/C19H17N7O/c1-26-16-10-15(6-5-13(16)11-22-26)23-17-7-8-21-19(25-17)24-14-4-2-3-12(9-14)18(20)27/h2-11H,1H3,(H2,20,27)(H2,21,23,24,25). The van der Waals surface area contributed by atoms with Crippen LogP contribution in [0.3, 0.4) is 0 Å². The van der Waals surface area contributed by atoms with Crippen LogP contribution >= 0.6 is 0 Å². The number of carbonyl (C=O) groups is 1. The van der Waals surface area contributed by atoms with Crippen molar-refractivity contribution in [1.82, 2.24) is 19.7 Å². The third kappa shape index (κ3) is 3.54. The molecule has 2 aromatic carbocycles. The van der Waals surface area contributed by atoms with Gasteiger partial charge in [-0.15, -0.1) is 0 Å². The Kier molecular flexibility index (Phi) is 4.13. The van der Waals surface area contributed by atoms with Gasteiger partial charge in [0.05, 0.1) is 11.7 Å². The van der Waals surface area contributed by atoms with E-state index >= 15 is 0 Å². The quantitative estimate of drug-likeness (QED) is 0.505. The van der Waals surface area contributed by atoms with E-state index in [9.17, 15) is 4.79 Å². The molecule has 0 spiro atoms. The van der Waals surface area contributed by atoms with Gasteiger partial charge in [-0.05, 0) is 42.5 Å². The second-order valence-corrected chi connectivity index (χ2v) is 6.00. The number of hydrogen-bond donors (Lipinski definition) is 3. The van der Waals surface area contributed by atoms with Crippen LogP contribution in [0.15, 0.2) is 60.9 Å². The molecule has 2 aromatic heterocycles. The number of amides is 1. The SMILES string of the molecule is Cn1ncc2ccc(Nc3ccnc(Nc4cccc(C(N)=O)c4)n3)cc21. The van der Waals surface area contributed by atoms with E-state index < -0.39 is 5.91 Å². The van der Waals surface area contributed by atoms with Crippen molar-refractivity contribution in [1.29, 1.82) is 0 Å². The predicted molar refractivity (Wildman–Crippen MR) is 104 cm³/mol. The Morgan fingerprint density at radius 2 is 1.93 bits per heavy atom. The topological polar surface area (TPSA) is 111 Å². The van der Waals surface area contributed by atoms with E-state index in [1.54, 1.807) is 30.5 Å². The average Bonchev–Trinajstić information content (AvgIpc) is 3.03. The molecule has 0 fully saturated rings. The lowest BCUT2D eigenvalue weighted by Gasteiger charge is -2.09. The van der Waals surface area contributed by atoms with Crippen molar-refractivity contribution in [2.24, 2.45) is 12.8 Å². The number of hydrogen-bond acceptors (Lipinski definition) is 6. The van der Waals surface area contributed by atoms with E-state index in [-0.39, 0.29) is 0 Å². The first-order valence-corrected chi connectivity index (χ1v) is 8.27. The third-order valence-electron chi connectivity index (χ3n) is 4.08. The number of rotatable bonds is 5. The van der Waals surface area contributed by atoms with Crippen LogP contribution in [0, 0.1) is 0 Å². The molecule has 0 radical (unpaired) electrons. The Labute approximate surface area is 155 Å². The molecule has 0 bridgehead atoms. The molecule has 4 N–H and O–H groups in total. The number of nitrogens with one attached hydrogen (secondary N) is 2. The summed E-state index contributed by atoms with van der Waals surface area (Å²) in [5, 5.41) is 11.7. The van der Waals surface area contributed by atoms with E-state index in [1.807, 2.05) is 42.2 Å². The Morgan fingerprint density at radius 3 is 2.78 bits per heavy atom. The number of benzene rings is 2. The lowest BCUT2D eigenvalue weighted by atomic mass is 10.2. The summed E-state index contributed by atoms with van der Waals surface area (Å²) in [6.07, 6.45) is 3.48. The van der Waals surface area contributed by atoms with Crippen molar-refractivity contribution in [2.75, 3.05) is 10.6 Å². The van der Waals surface area contributed by atoms with Crippen LogP contribution in [0.25, 0.3) is 10.9 Å². The summed E-state index contributed by atoms with van der Waals surface area (Å²) < 4.78 is 1.82. The molecule has 0 aliphatic carbocycles. The number of fused-ring (bicyclic) bond motifs is 1. The van der Waals surface area contributed by atoms with Crippen LogP contribution < -0.4 is 16.4 Å². The molecule has 0 aliphatic heterocycles.